The van der Waals surface area contributed by atoms with Gasteiger partial charge in [0.2, 0.25) is 5.91 Å². The van der Waals surface area contributed by atoms with Gasteiger partial charge in [-0.1, -0.05) is 6.07 Å². The van der Waals surface area contributed by atoms with Gasteiger partial charge in [0, 0.05) is 32.0 Å². The average molecular weight is 252 g/mol. The van der Waals surface area contributed by atoms with Gasteiger partial charge in [-0.15, -0.1) is 0 Å². The molecule has 1 unspecified atom stereocenters. The molecule has 5 heteroatoms. The molecule has 0 spiro atoms. The van der Waals surface area contributed by atoms with Crippen molar-refractivity contribution in [2.45, 2.75) is 25.4 Å². The number of pyridine rings is 1. The quantitative estimate of drug-likeness (QED) is 0.708. The number of hydrogen-bond acceptors (Lipinski definition) is 4. The lowest BCUT2D eigenvalue weighted by atomic mass is 10.2. The minimum atomic E-state index is -0.522. The van der Waals surface area contributed by atoms with Crippen LogP contribution in [0.1, 0.15) is 18.5 Å². The number of aryl methyl sites for hydroxylation is 1. The van der Waals surface area contributed by atoms with Crippen LogP contribution in [0, 0.1) is 0 Å². The molecule has 0 fully saturated rings. The molecule has 1 atom stereocenters. The summed E-state index contributed by atoms with van der Waals surface area (Å²) in [7, 11) is 1.54. The Bertz CT molecular complexity index is 343. The summed E-state index contributed by atoms with van der Waals surface area (Å²) in [5.74, 6) is -0.0229. The monoisotopic (exact) mass is 252 g/mol. The molecule has 1 amide bonds. The first-order valence-corrected chi connectivity index (χ1v) is 6.06. The van der Waals surface area contributed by atoms with Crippen molar-refractivity contribution >= 4 is 5.91 Å². The Labute approximate surface area is 107 Å². The topological polar surface area (TPSA) is 71.5 Å². The summed E-state index contributed by atoms with van der Waals surface area (Å²) in [6, 6.07) is 5.65. The highest BCUT2D eigenvalue weighted by molar-refractivity contribution is 5.76. The zero-order valence-electron chi connectivity index (χ0n) is 10.6. The maximum Gasteiger partial charge on any atom is 0.220 e. The number of amides is 1. The van der Waals surface area contributed by atoms with Gasteiger partial charge in [0.15, 0.2) is 0 Å². The number of aliphatic hydroxyl groups is 1. The summed E-state index contributed by atoms with van der Waals surface area (Å²) < 4.78 is 4.80. The van der Waals surface area contributed by atoms with E-state index >= 15 is 0 Å². The van der Waals surface area contributed by atoms with Gasteiger partial charge >= 0.3 is 0 Å². The summed E-state index contributed by atoms with van der Waals surface area (Å²) in [4.78, 5) is 15.7. The summed E-state index contributed by atoms with van der Waals surface area (Å²) in [5, 5.41) is 12.1. The molecule has 0 aliphatic heterocycles. The van der Waals surface area contributed by atoms with E-state index in [1.807, 2.05) is 18.2 Å². The Kier molecular flexibility index (Phi) is 6.98. The molecule has 5 nitrogen and oxygen atoms in total. The van der Waals surface area contributed by atoms with Gasteiger partial charge in [0.1, 0.15) is 0 Å². The van der Waals surface area contributed by atoms with E-state index in [4.69, 9.17) is 4.74 Å². The second kappa shape index (κ2) is 8.60. The molecule has 0 saturated carbocycles. The lowest BCUT2D eigenvalue weighted by Gasteiger charge is -2.09. The number of hydrogen-bond donors (Lipinski definition) is 2. The summed E-state index contributed by atoms with van der Waals surface area (Å²) in [6.45, 7) is 0.759. The number of aromatic nitrogens is 1. The number of methoxy groups -OCH3 is 1. The highest BCUT2D eigenvalue weighted by Gasteiger charge is 2.05. The Hall–Kier alpha value is -1.46. The van der Waals surface area contributed by atoms with Crippen LogP contribution in [0.2, 0.25) is 0 Å². The van der Waals surface area contributed by atoms with Crippen LogP contribution in [0.25, 0.3) is 0 Å². The predicted octanol–water partition coefficient (Wildman–Crippen LogP) is 0.528. The molecule has 100 valence electrons. The molecule has 1 heterocycles. The lowest BCUT2D eigenvalue weighted by Crippen LogP contribution is -2.28. The van der Waals surface area contributed by atoms with Gasteiger partial charge < -0.3 is 15.2 Å². The van der Waals surface area contributed by atoms with Crippen LogP contribution in [-0.2, 0) is 16.0 Å². The number of carbonyl (C=O) groups excluding carboxylic acids is 1. The number of aliphatic hydroxyl groups excluding tert-OH is 1. The molecular weight excluding hydrogens is 232 g/mol. The largest absolute Gasteiger partial charge is 0.391 e. The smallest absolute Gasteiger partial charge is 0.220 e. The molecule has 0 radical (unpaired) electrons. The Morgan fingerprint density at radius 3 is 3.06 bits per heavy atom. The summed E-state index contributed by atoms with van der Waals surface area (Å²) >= 11 is 0. The maximum absolute atomic E-state index is 11.5. The average Bonchev–Trinajstić information content (AvgIpc) is 2.38. The van der Waals surface area contributed by atoms with Crippen molar-refractivity contribution in [3.05, 3.63) is 30.1 Å². The molecule has 0 saturated heterocycles. The van der Waals surface area contributed by atoms with E-state index in [1.54, 1.807) is 6.20 Å². The van der Waals surface area contributed by atoms with Crippen LogP contribution < -0.4 is 5.32 Å². The molecule has 0 aliphatic rings. The van der Waals surface area contributed by atoms with Crippen LogP contribution in [0.15, 0.2) is 24.4 Å². The first-order valence-electron chi connectivity index (χ1n) is 6.06. The Morgan fingerprint density at radius 2 is 2.39 bits per heavy atom. The minimum absolute atomic E-state index is 0.0229. The maximum atomic E-state index is 11.5. The van der Waals surface area contributed by atoms with Gasteiger partial charge in [-0.2, -0.15) is 0 Å². The number of rotatable bonds is 8. The van der Waals surface area contributed by atoms with Crippen LogP contribution in [0.4, 0.5) is 0 Å². The van der Waals surface area contributed by atoms with E-state index < -0.39 is 6.10 Å². The van der Waals surface area contributed by atoms with Crippen molar-refractivity contribution in [1.29, 1.82) is 0 Å². The molecular formula is C13H20N2O3. The molecule has 0 bridgehead atoms. The van der Waals surface area contributed by atoms with Crippen molar-refractivity contribution in [2.24, 2.45) is 0 Å². The molecule has 2 N–H and O–H groups in total. The fourth-order valence-corrected chi connectivity index (χ4v) is 1.53. The third kappa shape index (κ3) is 6.32. The second-order valence-corrected chi connectivity index (χ2v) is 4.07. The van der Waals surface area contributed by atoms with Gasteiger partial charge in [-0.05, 0) is 25.0 Å². The minimum Gasteiger partial charge on any atom is -0.391 e. The fraction of sp³-hybridized carbons (Fsp3) is 0.538. The molecule has 1 aromatic rings. The van der Waals surface area contributed by atoms with Crippen LogP contribution in [0.3, 0.4) is 0 Å². The lowest BCUT2D eigenvalue weighted by molar-refractivity contribution is -0.121. The third-order valence-corrected chi connectivity index (χ3v) is 2.49. The normalized spacial score (nSPS) is 12.1. The third-order valence-electron chi connectivity index (χ3n) is 2.49. The summed E-state index contributed by atoms with van der Waals surface area (Å²) in [6.07, 6.45) is 2.74. The van der Waals surface area contributed by atoms with Gasteiger partial charge in [-0.3, -0.25) is 9.78 Å². The van der Waals surface area contributed by atoms with Gasteiger partial charge in [0.25, 0.3) is 0 Å². The molecule has 0 aromatic carbocycles. The van der Waals surface area contributed by atoms with Crippen molar-refractivity contribution in [3.63, 3.8) is 0 Å². The number of nitrogens with zero attached hydrogens (tertiary/aromatic N) is 1. The van der Waals surface area contributed by atoms with Crippen molar-refractivity contribution in [2.75, 3.05) is 20.3 Å². The van der Waals surface area contributed by atoms with Crippen molar-refractivity contribution in [1.82, 2.24) is 10.3 Å². The van der Waals surface area contributed by atoms with Crippen LogP contribution in [-0.4, -0.2) is 42.4 Å². The number of carbonyl (C=O) groups is 1. The zero-order valence-corrected chi connectivity index (χ0v) is 10.6. The van der Waals surface area contributed by atoms with E-state index in [2.05, 4.69) is 10.3 Å². The van der Waals surface area contributed by atoms with Crippen LogP contribution >= 0.6 is 0 Å². The van der Waals surface area contributed by atoms with E-state index in [0.29, 0.717) is 32.4 Å². The fourth-order valence-electron chi connectivity index (χ4n) is 1.53. The predicted molar refractivity (Wildman–Crippen MR) is 68.1 cm³/mol. The van der Waals surface area contributed by atoms with Gasteiger partial charge in [0.05, 0.1) is 12.7 Å². The zero-order chi connectivity index (χ0) is 13.2. The number of ether oxygens (including phenoxy) is 1. The highest BCUT2D eigenvalue weighted by Crippen LogP contribution is 1.98. The molecule has 18 heavy (non-hydrogen) atoms. The molecule has 0 aliphatic carbocycles. The first kappa shape index (κ1) is 14.6. The van der Waals surface area contributed by atoms with E-state index in [-0.39, 0.29) is 5.91 Å². The Morgan fingerprint density at radius 1 is 1.56 bits per heavy atom. The molecule has 1 aromatic heterocycles. The SMILES string of the molecule is COCC(O)CCNC(=O)CCc1ccccn1. The van der Waals surface area contributed by atoms with E-state index in [1.165, 1.54) is 7.11 Å². The van der Waals surface area contributed by atoms with Crippen molar-refractivity contribution < 1.29 is 14.6 Å². The van der Waals surface area contributed by atoms with Crippen molar-refractivity contribution in [3.8, 4) is 0 Å². The first-order chi connectivity index (χ1) is 8.72. The summed E-state index contributed by atoms with van der Waals surface area (Å²) in [5.41, 5.74) is 0.909. The van der Waals surface area contributed by atoms with Gasteiger partial charge in [-0.25, -0.2) is 0 Å². The van der Waals surface area contributed by atoms with E-state index in [9.17, 15) is 9.90 Å². The molecule has 1 rings (SSSR count). The Balaban J connectivity index is 2.11. The van der Waals surface area contributed by atoms with Crippen LogP contribution in [0.5, 0.6) is 0 Å². The highest BCUT2D eigenvalue weighted by atomic mass is 16.5. The van der Waals surface area contributed by atoms with E-state index in [0.717, 1.165) is 5.69 Å². The second-order valence-electron chi connectivity index (χ2n) is 4.07. The standard InChI is InChI=1S/C13H20N2O3/c1-18-10-12(16)7-9-15-13(17)6-5-11-4-2-3-8-14-11/h2-4,8,12,16H,5-7,9-10H2,1H3,(H,15,17). The number of nitrogens with one attached hydrogen (secondary N) is 1.